The van der Waals surface area contributed by atoms with Gasteiger partial charge in [0, 0.05) is 16.1 Å². The van der Waals surface area contributed by atoms with Gasteiger partial charge in [0.1, 0.15) is 5.75 Å². The summed E-state index contributed by atoms with van der Waals surface area (Å²) in [5.41, 5.74) is 1.70. The van der Waals surface area contributed by atoms with E-state index >= 15 is 0 Å². The van der Waals surface area contributed by atoms with Gasteiger partial charge in [-0.2, -0.15) is 13.5 Å². The molecule has 0 atom stereocenters. The summed E-state index contributed by atoms with van der Waals surface area (Å²) in [6.45, 7) is 12.1. The van der Waals surface area contributed by atoms with E-state index in [-0.39, 0.29) is 21.5 Å². The van der Waals surface area contributed by atoms with Crippen LogP contribution in [0.3, 0.4) is 0 Å². The SMILES string of the molecule is CC(C)(C)c1cc(/C=N/NS(=O)(=O)c2ccc(Cl)cc2)cc(C(C)(C)C)c1O. The molecule has 152 valence electrons. The number of aromatic hydroxyl groups is 1. The van der Waals surface area contributed by atoms with Crippen molar-refractivity contribution in [3.05, 3.63) is 58.1 Å². The molecule has 0 saturated carbocycles. The van der Waals surface area contributed by atoms with Crippen LogP contribution in [-0.4, -0.2) is 19.7 Å². The summed E-state index contributed by atoms with van der Waals surface area (Å²) in [6.07, 6.45) is 1.44. The Balaban J connectivity index is 2.39. The molecule has 0 aromatic heterocycles. The lowest BCUT2D eigenvalue weighted by Crippen LogP contribution is -2.19. The van der Waals surface area contributed by atoms with E-state index in [0.717, 1.165) is 11.1 Å². The third-order valence-electron chi connectivity index (χ3n) is 4.26. The highest BCUT2D eigenvalue weighted by Crippen LogP contribution is 2.39. The molecule has 5 nitrogen and oxygen atoms in total. The lowest BCUT2D eigenvalue weighted by Gasteiger charge is -2.27. The van der Waals surface area contributed by atoms with Crippen LogP contribution in [0.15, 0.2) is 46.4 Å². The van der Waals surface area contributed by atoms with Gasteiger partial charge in [0.05, 0.1) is 11.1 Å². The molecular formula is C21H27ClN2O3S. The largest absolute Gasteiger partial charge is 0.507 e. The van der Waals surface area contributed by atoms with Gasteiger partial charge in [-0.05, 0) is 52.8 Å². The molecule has 2 rings (SSSR count). The van der Waals surface area contributed by atoms with Gasteiger partial charge in [0.25, 0.3) is 10.0 Å². The van der Waals surface area contributed by atoms with Crippen molar-refractivity contribution in [3.63, 3.8) is 0 Å². The van der Waals surface area contributed by atoms with Crippen molar-refractivity contribution in [2.75, 3.05) is 0 Å². The highest BCUT2D eigenvalue weighted by Gasteiger charge is 2.26. The fourth-order valence-electron chi connectivity index (χ4n) is 2.71. The molecule has 0 radical (unpaired) electrons. The molecule has 0 aliphatic rings. The molecular weight excluding hydrogens is 396 g/mol. The second-order valence-corrected chi connectivity index (χ2v) is 10.9. The van der Waals surface area contributed by atoms with E-state index in [1.165, 1.54) is 30.5 Å². The van der Waals surface area contributed by atoms with Crippen LogP contribution in [0.25, 0.3) is 0 Å². The first-order chi connectivity index (χ1) is 12.7. The number of nitrogens with one attached hydrogen (secondary N) is 1. The van der Waals surface area contributed by atoms with Crippen LogP contribution in [0.2, 0.25) is 5.02 Å². The molecule has 2 aromatic carbocycles. The van der Waals surface area contributed by atoms with E-state index in [9.17, 15) is 13.5 Å². The van der Waals surface area contributed by atoms with Gasteiger partial charge in [-0.1, -0.05) is 53.1 Å². The normalized spacial score (nSPS) is 13.1. The zero-order valence-electron chi connectivity index (χ0n) is 17.0. The monoisotopic (exact) mass is 422 g/mol. The topological polar surface area (TPSA) is 78.8 Å². The maximum Gasteiger partial charge on any atom is 0.276 e. The fraction of sp³-hybridized carbons (Fsp3) is 0.381. The van der Waals surface area contributed by atoms with Gasteiger partial charge in [-0.25, -0.2) is 4.83 Å². The molecule has 0 unspecified atom stereocenters. The third kappa shape index (κ3) is 5.26. The average molecular weight is 423 g/mol. The smallest absolute Gasteiger partial charge is 0.276 e. The summed E-state index contributed by atoms with van der Waals surface area (Å²) in [5.74, 6) is 0.263. The number of nitrogens with zero attached hydrogens (tertiary/aromatic N) is 1. The Morgan fingerprint density at radius 3 is 1.86 bits per heavy atom. The number of halogens is 1. The molecule has 2 N–H and O–H groups in total. The Hall–Kier alpha value is -2.05. The summed E-state index contributed by atoms with van der Waals surface area (Å²) < 4.78 is 24.7. The van der Waals surface area contributed by atoms with E-state index < -0.39 is 10.0 Å². The van der Waals surface area contributed by atoms with Gasteiger partial charge in [-0.3, -0.25) is 0 Å². The predicted octanol–water partition coefficient (Wildman–Crippen LogP) is 4.95. The molecule has 28 heavy (non-hydrogen) atoms. The van der Waals surface area contributed by atoms with Crippen molar-refractivity contribution < 1.29 is 13.5 Å². The number of sulfonamides is 1. The van der Waals surface area contributed by atoms with Gasteiger partial charge in [0.15, 0.2) is 0 Å². The minimum atomic E-state index is -3.79. The summed E-state index contributed by atoms with van der Waals surface area (Å²) in [5, 5.41) is 15.1. The number of benzene rings is 2. The maximum atomic E-state index is 12.3. The zero-order chi connectivity index (χ0) is 21.3. The summed E-state index contributed by atoms with van der Waals surface area (Å²) in [4.78, 5) is 2.28. The van der Waals surface area contributed by atoms with Crippen molar-refractivity contribution in [2.24, 2.45) is 5.10 Å². The first kappa shape index (κ1) is 22.2. The van der Waals surface area contributed by atoms with Gasteiger partial charge >= 0.3 is 0 Å². The quantitative estimate of drug-likeness (QED) is 0.540. The minimum absolute atomic E-state index is 0.0746. The predicted molar refractivity (Wildman–Crippen MR) is 115 cm³/mol. The highest BCUT2D eigenvalue weighted by molar-refractivity contribution is 7.89. The molecule has 2 aromatic rings. The number of hydrazone groups is 1. The molecule has 0 spiro atoms. The molecule has 0 fully saturated rings. The Labute approximate surface area is 172 Å². The van der Waals surface area contributed by atoms with E-state index in [0.29, 0.717) is 10.6 Å². The van der Waals surface area contributed by atoms with Crippen molar-refractivity contribution in [1.82, 2.24) is 4.83 Å². The molecule has 0 aliphatic carbocycles. The lowest BCUT2D eigenvalue weighted by atomic mass is 9.78. The Morgan fingerprint density at radius 2 is 1.43 bits per heavy atom. The lowest BCUT2D eigenvalue weighted by molar-refractivity contribution is 0.423. The van der Waals surface area contributed by atoms with Gasteiger partial charge in [0.2, 0.25) is 0 Å². The number of hydrogen-bond donors (Lipinski definition) is 2. The first-order valence-corrected chi connectivity index (χ1v) is 10.8. The number of phenols is 1. The zero-order valence-corrected chi connectivity index (χ0v) is 18.6. The molecule has 0 saturated heterocycles. The fourth-order valence-corrected chi connectivity index (χ4v) is 3.63. The van der Waals surface area contributed by atoms with E-state index in [1.54, 1.807) is 0 Å². The summed E-state index contributed by atoms with van der Waals surface area (Å²) in [7, 11) is -3.79. The molecule has 0 amide bonds. The van der Waals surface area contributed by atoms with Crippen molar-refractivity contribution in [2.45, 2.75) is 57.3 Å². The minimum Gasteiger partial charge on any atom is -0.507 e. The van der Waals surface area contributed by atoms with Crippen LogP contribution in [0.1, 0.15) is 58.2 Å². The van der Waals surface area contributed by atoms with Crippen molar-refractivity contribution in [1.29, 1.82) is 0 Å². The van der Waals surface area contributed by atoms with Gasteiger partial charge in [-0.15, -0.1) is 0 Å². The molecule has 0 heterocycles. The standard InChI is InChI=1S/C21H27ClN2O3S/c1-20(2,3)17-11-14(12-18(19(17)25)21(4,5)6)13-23-24-28(26,27)16-9-7-15(22)8-10-16/h7-13,24-25H,1-6H3/b23-13+. The molecule has 0 bridgehead atoms. The first-order valence-electron chi connectivity index (χ1n) is 8.90. The van der Waals surface area contributed by atoms with Crippen molar-refractivity contribution >= 4 is 27.8 Å². The summed E-state index contributed by atoms with van der Waals surface area (Å²) in [6, 6.07) is 9.48. The Morgan fingerprint density at radius 1 is 0.964 bits per heavy atom. The van der Waals surface area contributed by atoms with Crippen LogP contribution in [0.5, 0.6) is 5.75 Å². The van der Waals surface area contributed by atoms with E-state index in [1.807, 2.05) is 53.7 Å². The van der Waals surface area contributed by atoms with Crippen LogP contribution in [0, 0.1) is 0 Å². The molecule has 0 aliphatic heterocycles. The van der Waals surface area contributed by atoms with E-state index in [2.05, 4.69) is 9.93 Å². The van der Waals surface area contributed by atoms with Crippen LogP contribution in [0.4, 0.5) is 0 Å². The number of phenolic OH excluding ortho intramolecular Hbond substituents is 1. The third-order valence-corrected chi connectivity index (χ3v) is 5.75. The number of hydrogen-bond acceptors (Lipinski definition) is 4. The average Bonchev–Trinajstić information content (AvgIpc) is 2.54. The van der Waals surface area contributed by atoms with Gasteiger partial charge < -0.3 is 5.11 Å². The maximum absolute atomic E-state index is 12.3. The van der Waals surface area contributed by atoms with Crippen molar-refractivity contribution in [3.8, 4) is 5.75 Å². The second-order valence-electron chi connectivity index (χ2n) is 8.77. The van der Waals surface area contributed by atoms with Crippen LogP contribution < -0.4 is 4.83 Å². The Bertz CT molecular complexity index is 949. The van der Waals surface area contributed by atoms with Crippen LogP contribution in [-0.2, 0) is 20.9 Å². The Kier molecular flexibility index (Phi) is 6.16. The number of rotatable bonds is 4. The molecule has 7 heteroatoms. The van der Waals surface area contributed by atoms with Crippen LogP contribution >= 0.6 is 11.6 Å². The summed E-state index contributed by atoms with van der Waals surface area (Å²) >= 11 is 5.80. The van der Waals surface area contributed by atoms with E-state index in [4.69, 9.17) is 11.6 Å². The highest BCUT2D eigenvalue weighted by atomic mass is 35.5. The second kappa shape index (κ2) is 7.76.